The quantitative estimate of drug-likeness (QED) is 0.730. The predicted octanol–water partition coefficient (Wildman–Crippen LogP) is 1.82. The molecule has 0 aromatic carbocycles. The second kappa shape index (κ2) is 4.48. The van der Waals surface area contributed by atoms with Gasteiger partial charge in [0.15, 0.2) is 0 Å². The number of nitrogen functional groups attached to an aromatic ring is 1. The normalized spacial score (nSPS) is 9.88. The van der Waals surface area contributed by atoms with E-state index in [1.165, 1.54) is 6.20 Å². The third-order valence-electron chi connectivity index (χ3n) is 2.11. The van der Waals surface area contributed by atoms with E-state index >= 15 is 0 Å². The summed E-state index contributed by atoms with van der Waals surface area (Å²) in [4.78, 5) is 18.4. The summed E-state index contributed by atoms with van der Waals surface area (Å²) in [5.41, 5.74) is 7.48. The first-order chi connectivity index (χ1) is 8.15. The summed E-state index contributed by atoms with van der Waals surface area (Å²) in [6, 6.07) is 5.14. The van der Waals surface area contributed by atoms with Gasteiger partial charge in [-0.1, -0.05) is 0 Å². The largest absolute Gasteiger partial charge is 0.465 e. The summed E-state index contributed by atoms with van der Waals surface area (Å²) >= 11 is 0. The molecule has 0 atom stereocenters. The lowest BCUT2D eigenvalue weighted by Crippen LogP contribution is -2.07. The second-order valence-electron chi connectivity index (χ2n) is 3.36. The molecule has 6 nitrogen and oxygen atoms in total. The second-order valence-corrected chi connectivity index (χ2v) is 3.36. The third kappa shape index (κ3) is 2.69. The van der Waals surface area contributed by atoms with Crippen molar-refractivity contribution in [2.75, 3.05) is 11.1 Å². The Hall–Kier alpha value is -2.63. The lowest BCUT2D eigenvalue weighted by atomic mass is 10.1. The maximum atomic E-state index is 10.5. The molecule has 0 saturated carbocycles. The summed E-state index contributed by atoms with van der Waals surface area (Å²) in [5.74, 6) is 0.432. The van der Waals surface area contributed by atoms with Crippen LogP contribution in [0.1, 0.15) is 0 Å². The fraction of sp³-hybridized carbons (Fsp3) is 0. The van der Waals surface area contributed by atoms with Crippen molar-refractivity contribution in [3.8, 4) is 11.1 Å². The molecule has 0 saturated heterocycles. The Balaban J connectivity index is 2.32. The van der Waals surface area contributed by atoms with Crippen LogP contribution in [-0.2, 0) is 0 Å². The minimum absolute atomic E-state index is 0.409. The summed E-state index contributed by atoms with van der Waals surface area (Å²) in [6.45, 7) is 0. The molecular weight excluding hydrogens is 220 g/mol. The van der Waals surface area contributed by atoms with Crippen LogP contribution in [0.15, 0.2) is 36.8 Å². The number of carbonyl (C=O) groups is 1. The molecule has 6 heteroatoms. The summed E-state index contributed by atoms with van der Waals surface area (Å²) in [7, 11) is 0. The predicted molar refractivity (Wildman–Crippen MR) is 63.5 cm³/mol. The maximum absolute atomic E-state index is 10.5. The van der Waals surface area contributed by atoms with Crippen molar-refractivity contribution >= 4 is 17.6 Å². The van der Waals surface area contributed by atoms with Crippen LogP contribution in [0.2, 0.25) is 0 Å². The lowest BCUT2D eigenvalue weighted by molar-refractivity contribution is 0.209. The van der Waals surface area contributed by atoms with E-state index in [1.54, 1.807) is 30.6 Å². The van der Waals surface area contributed by atoms with Crippen molar-refractivity contribution in [2.45, 2.75) is 0 Å². The van der Waals surface area contributed by atoms with Crippen LogP contribution < -0.4 is 11.1 Å². The van der Waals surface area contributed by atoms with Gasteiger partial charge in [-0.15, -0.1) is 0 Å². The van der Waals surface area contributed by atoms with Crippen LogP contribution >= 0.6 is 0 Å². The molecule has 0 aliphatic carbocycles. The van der Waals surface area contributed by atoms with Crippen molar-refractivity contribution in [3.05, 3.63) is 36.8 Å². The zero-order chi connectivity index (χ0) is 12.3. The number of hydrogen-bond donors (Lipinski definition) is 3. The molecule has 0 unspecified atom stereocenters. The van der Waals surface area contributed by atoms with Crippen LogP contribution in [0, 0.1) is 0 Å². The van der Waals surface area contributed by atoms with Crippen LogP contribution in [0.5, 0.6) is 0 Å². The number of rotatable bonds is 2. The Kier molecular flexibility index (Phi) is 2.87. The Morgan fingerprint density at radius 1 is 1.24 bits per heavy atom. The molecule has 0 radical (unpaired) electrons. The van der Waals surface area contributed by atoms with Crippen LogP contribution in [-0.4, -0.2) is 21.2 Å². The molecule has 4 N–H and O–H groups in total. The average Bonchev–Trinajstić information content (AvgIpc) is 2.29. The van der Waals surface area contributed by atoms with Gasteiger partial charge in [0.25, 0.3) is 0 Å². The van der Waals surface area contributed by atoms with Crippen molar-refractivity contribution < 1.29 is 9.90 Å². The van der Waals surface area contributed by atoms with Gasteiger partial charge in [-0.2, -0.15) is 0 Å². The highest BCUT2D eigenvalue weighted by molar-refractivity contribution is 5.83. The Bertz CT molecular complexity index is 539. The molecule has 2 rings (SSSR count). The molecule has 2 aromatic rings. The molecule has 0 fully saturated rings. The van der Waals surface area contributed by atoms with E-state index in [-0.39, 0.29) is 0 Å². The van der Waals surface area contributed by atoms with Gasteiger partial charge in [0.2, 0.25) is 0 Å². The van der Waals surface area contributed by atoms with E-state index in [0.717, 1.165) is 11.1 Å². The maximum Gasteiger partial charge on any atom is 0.409 e. The minimum Gasteiger partial charge on any atom is -0.465 e. The molecule has 2 heterocycles. The first-order valence-corrected chi connectivity index (χ1v) is 4.82. The molecule has 86 valence electrons. The SMILES string of the molecule is Nc1ccc(-c2cncc(NC(=O)O)c2)cn1. The first-order valence-electron chi connectivity index (χ1n) is 4.82. The topological polar surface area (TPSA) is 101 Å². The molecule has 0 aliphatic rings. The monoisotopic (exact) mass is 230 g/mol. The van der Waals surface area contributed by atoms with Crippen molar-refractivity contribution in [1.82, 2.24) is 9.97 Å². The van der Waals surface area contributed by atoms with E-state index in [2.05, 4.69) is 15.3 Å². The zero-order valence-corrected chi connectivity index (χ0v) is 8.79. The fourth-order valence-electron chi connectivity index (χ4n) is 1.37. The Morgan fingerprint density at radius 2 is 2.06 bits per heavy atom. The number of nitrogens with zero attached hydrogens (tertiary/aromatic N) is 2. The summed E-state index contributed by atoms with van der Waals surface area (Å²) in [6.07, 6.45) is 3.54. The fourth-order valence-corrected chi connectivity index (χ4v) is 1.37. The number of carboxylic acid groups (broad SMARTS) is 1. The number of pyridine rings is 2. The molecule has 0 bridgehead atoms. The van der Waals surface area contributed by atoms with Crippen molar-refractivity contribution in [1.29, 1.82) is 0 Å². The van der Waals surface area contributed by atoms with Gasteiger partial charge in [0.05, 0.1) is 11.9 Å². The summed E-state index contributed by atoms with van der Waals surface area (Å²) < 4.78 is 0. The Morgan fingerprint density at radius 3 is 2.71 bits per heavy atom. The number of amides is 1. The first kappa shape index (κ1) is 10.9. The van der Waals surface area contributed by atoms with E-state index in [9.17, 15) is 4.79 Å². The average molecular weight is 230 g/mol. The van der Waals surface area contributed by atoms with Gasteiger partial charge < -0.3 is 10.8 Å². The van der Waals surface area contributed by atoms with Gasteiger partial charge in [0.1, 0.15) is 5.82 Å². The third-order valence-corrected chi connectivity index (χ3v) is 2.11. The van der Waals surface area contributed by atoms with Crippen molar-refractivity contribution in [3.63, 3.8) is 0 Å². The number of aromatic nitrogens is 2. The molecule has 0 aliphatic heterocycles. The van der Waals surface area contributed by atoms with Gasteiger partial charge in [-0.05, 0) is 18.2 Å². The zero-order valence-electron chi connectivity index (χ0n) is 8.79. The van der Waals surface area contributed by atoms with Gasteiger partial charge >= 0.3 is 6.09 Å². The van der Waals surface area contributed by atoms with Crippen LogP contribution in [0.4, 0.5) is 16.3 Å². The highest BCUT2D eigenvalue weighted by Crippen LogP contribution is 2.21. The van der Waals surface area contributed by atoms with E-state index < -0.39 is 6.09 Å². The molecule has 2 aromatic heterocycles. The molecule has 17 heavy (non-hydrogen) atoms. The van der Waals surface area contributed by atoms with Crippen LogP contribution in [0.25, 0.3) is 11.1 Å². The van der Waals surface area contributed by atoms with Gasteiger partial charge in [-0.3, -0.25) is 10.3 Å². The molecule has 1 amide bonds. The lowest BCUT2D eigenvalue weighted by Gasteiger charge is -2.04. The summed E-state index contributed by atoms with van der Waals surface area (Å²) in [5, 5.41) is 10.8. The highest BCUT2D eigenvalue weighted by atomic mass is 16.4. The number of anilines is 2. The minimum atomic E-state index is -1.13. The number of nitrogens with one attached hydrogen (secondary N) is 1. The standard InChI is InChI=1S/C11H10N4O2/c12-10-2-1-7(5-14-10)8-3-9(6-13-4-8)15-11(16)17/h1-6,15H,(H2,12,14)(H,16,17). The van der Waals surface area contributed by atoms with Gasteiger partial charge in [0, 0.05) is 23.5 Å². The highest BCUT2D eigenvalue weighted by Gasteiger charge is 2.02. The molecule has 0 spiro atoms. The number of nitrogens with two attached hydrogens (primary N) is 1. The van der Waals surface area contributed by atoms with Crippen molar-refractivity contribution in [2.24, 2.45) is 0 Å². The van der Waals surface area contributed by atoms with E-state index in [0.29, 0.717) is 11.5 Å². The van der Waals surface area contributed by atoms with E-state index in [4.69, 9.17) is 10.8 Å². The smallest absolute Gasteiger partial charge is 0.409 e. The van der Waals surface area contributed by atoms with Crippen LogP contribution in [0.3, 0.4) is 0 Å². The Labute approximate surface area is 97.1 Å². The number of hydrogen-bond acceptors (Lipinski definition) is 4. The van der Waals surface area contributed by atoms with Gasteiger partial charge in [-0.25, -0.2) is 9.78 Å². The van der Waals surface area contributed by atoms with E-state index in [1.807, 2.05) is 0 Å². The molecular formula is C11H10N4O2.